The molecule has 0 N–H and O–H groups in total. The van der Waals surface area contributed by atoms with Crippen molar-refractivity contribution in [2.75, 3.05) is 25.1 Å². The molecule has 1 aliphatic heterocycles. The first kappa shape index (κ1) is 17.4. The molecule has 3 aromatic rings. The molecule has 0 amide bonds. The normalized spacial score (nSPS) is 18.0. The minimum absolute atomic E-state index is 0.183. The minimum Gasteiger partial charge on any atom is -0.490 e. The first-order valence-electron chi connectivity index (χ1n) is 10.00. The Hall–Kier alpha value is -2.70. The lowest BCUT2D eigenvalue weighted by Crippen LogP contribution is -2.34. The van der Waals surface area contributed by atoms with E-state index in [0.29, 0.717) is 11.7 Å². The Kier molecular flexibility index (Phi) is 4.37. The van der Waals surface area contributed by atoms with E-state index in [1.54, 1.807) is 19.2 Å². The van der Waals surface area contributed by atoms with Crippen LogP contribution in [0.3, 0.4) is 0 Å². The lowest BCUT2D eigenvalue weighted by atomic mass is 9.89. The Morgan fingerprint density at radius 1 is 1.07 bits per heavy atom. The zero-order valence-electron chi connectivity index (χ0n) is 16.0. The van der Waals surface area contributed by atoms with Crippen LogP contribution in [-0.2, 0) is 6.42 Å². The summed E-state index contributed by atoms with van der Waals surface area (Å²) in [6, 6.07) is 6.89. The maximum absolute atomic E-state index is 13.2. The van der Waals surface area contributed by atoms with Crippen molar-refractivity contribution in [1.82, 2.24) is 19.6 Å². The summed E-state index contributed by atoms with van der Waals surface area (Å²) in [7, 11) is 1.67. The van der Waals surface area contributed by atoms with Gasteiger partial charge in [-0.3, -0.25) is 4.40 Å². The third kappa shape index (κ3) is 3.19. The smallest absolute Gasteiger partial charge is 0.208 e. The van der Waals surface area contributed by atoms with Gasteiger partial charge in [0.05, 0.1) is 7.11 Å². The van der Waals surface area contributed by atoms with Crippen LogP contribution < -0.4 is 9.64 Å². The fraction of sp³-hybridized carbons (Fsp3) is 0.476. The molecule has 146 valence electrons. The van der Waals surface area contributed by atoms with Gasteiger partial charge in [-0.25, -0.2) is 9.37 Å². The van der Waals surface area contributed by atoms with Gasteiger partial charge in [0.25, 0.3) is 0 Å². The Bertz CT molecular complexity index is 974. The standard InChI is InChI=1S/C21H24FN5O/c1-28-19-20(23-13-27-18(12-14-2-3-14)24-25-21(19)27)26-10-8-16(9-11-26)15-4-6-17(22)7-5-15/h4-7,13-14,16H,2-3,8-12H2,1H3. The van der Waals surface area contributed by atoms with Crippen LogP contribution in [0.2, 0.25) is 0 Å². The van der Waals surface area contributed by atoms with Crippen molar-refractivity contribution in [2.24, 2.45) is 5.92 Å². The number of hydrogen-bond acceptors (Lipinski definition) is 5. The first-order chi connectivity index (χ1) is 13.7. The van der Waals surface area contributed by atoms with Gasteiger partial charge in [0.2, 0.25) is 11.4 Å². The van der Waals surface area contributed by atoms with Crippen LogP contribution in [0, 0.1) is 11.7 Å². The van der Waals surface area contributed by atoms with E-state index in [0.717, 1.165) is 55.6 Å². The summed E-state index contributed by atoms with van der Waals surface area (Å²) >= 11 is 0. The van der Waals surface area contributed by atoms with Crippen LogP contribution >= 0.6 is 0 Å². The van der Waals surface area contributed by atoms with Crippen molar-refractivity contribution in [3.05, 3.63) is 47.8 Å². The van der Waals surface area contributed by atoms with Gasteiger partial charge < -0.3 is 9.64 Å². The molecule has 2 fully saturated rings. The van der Waals surface area contributed by atoms with Crippen molar-refractivity contribution in [2.45, 2.75) is 38.0 Å². The SMILES string of the molecule is COc1c(N2CCC(c3ccc(F)cc3)CC2)ncn2c(CC3CC3)nnc12. The molecule has 2 aliphatic rings. The Morgan fingerprint density at radius 2 is 1.82 bits per heavy atom. The van der Waals surface area contributed by atoms with E-state index in [2.05, 4.69) is 15.1 Å². The van der Waals surface area contributed by atoms with Crippen molar-refractivity contribution in [1.29, 1.82) is 0 Å². The second-order valence-corrected chi connectivity index (χ2v) is 7.87. The number of benzene rings is 1. The Morgan fingerprint density at radius 3 is 2.50 bits per heavy atom. The fourth-order valence-corrected chi connectivity index (χ4v) is 4.16. The molecular formula is C21H24FN5O. The van der Waals surface area contributed by atoms with Gasteiger partial charge >= 0.3 is 0 Å². The van der Waals surface area contributed by atoms with Gasteiger partial charge in [-0.15, -0.1) is 10.2 Å². The maximum Gasteiger partial charge on any atom is 0.208 e. The van der Waals surface area contributed by atoms with Gasteiger partial charge in [-0.05, 0) is 55.2 Å². The van der Waals surface area contributed by atoms with E-state index in [-0.39, 0.29) is 5.82 Å². The molecule has 0 atom stereocenters. The highest BCUT2D eigenvalue weighted by molar-refractivity contribution is 5.67. The summed E-state index contributed by atoms with van der Waals surface area (Å²) in [6.07, 6.45) is 7.34. The molecule has 7 heteroatoms. The van der Waals surface area contributed by atoms with Crippen molar-refractivity contribution < 1.29 is 9.13 Å². The van der Waals surface area contributed by atoms with Crippen LogP contribution in [0.25, 0.3) is 5.65 Å². The maximum atomic E-state index is 13.2. The molecule has 3 heterocycles. The molecule has 0 unspecified atom stereocenters. The van der Waals surface area contributed by atoms with Gasteiger partial charge in [-0.2, -0.15) is 0 Å². The average Bonchev–Trinajstić information content (AvgIpc) is 3.46. The van der Waals surface area contributed by atoms with Crippen LogP contribution in [0.5, 0.6) is 5.75 Å². The molecule has 0 spiro atoms. The zero-order valence-corrected chi connectivity index (χ0v) is 16.0. The fourth-order valence-electron chi connectivity index (χ4n) is 4.16. The summed E-state index contributed by atoms with van der Waals surface area (Å²) in [4.78, 5) is 6.96. The number of ether oxygens (including phenoxy) is 1. The zero-order chi connectivity index (χ0) is 19.1. The number of halogens is 1. The van der Waals surface area contributed by atoms with Crippen LogP contribution in [-0.4, -0.2) is 39.8 Å². The van der Waals surface area contributed by atoms with E-state index in [9.17, 15) is 4.39 Å². The summed E-state index contributed by atoms with van der Waals surface area (Å²) < 4.78 is 20.8. The number of piperidine rings is 1. The highest BCUT2D eigenvalue weighted by Gasteiger charge is 2.28. The largest absolute Gasteiger partial charge is 0.490 e. The molecule has 0 bridgehead atoms. The molecule has 28 heavy (non-hydrogen) atoms. The summed E-state index contributed by atoms with van der Waals surface area (Å²) in [5, 5.41) is 8.76. The molecule has 1 aromatic carbocycles. The molecular weight excluding hydrogens is 357 g/mol. The van der Waals surface area contributed by atoms with Crippen LogP contribution in [0.15, 0.2) is 30.6 Å². The monoisotopic (exact) mass is 381 g/mol. The van der Waals surface area contributed by atoms with E-state index < -0.39 is 0 Å². The quantitative estimate of drug-likeness (QED) is 0.676. The van der Waals surface area contributed by atoms with Crippen molar-refractivity contribution in [3.8, 4) is 5.75 Å². The van der Waals surface area contributed by atoms with E-state index in [1.165, 1.54) is 18.4 Å². The summed E-state index contributed by atoms with van der Waals surface area (Å²) in [5.41, 5.74) is 1.95. The number of nitrogens with zero attached hydrogens (tertiary/aromatic N) is 5. The van der Waals surface area contributed by atoms with E-state index in [1.807, 2.05) is 22.9 Å². The highest BCUT2D eigenvalue weighted by atomic mass is 19.1. The van der Waals surface area contributed by atoms with Crippen LogP contribution in [0.4, 0.5) is 10.2 Å². The van der Waals surface area contributed by atoms with Crippen molar-refractivity contribution >= 4 is 11.5 Å². The van der Waals surface area contributed by atoms with E-state index in [4.69, 9.17) is 9.72 Å². The molecule has 1 saturated heterocycles. The lowest BCUT2D eigenvalue weighted by Gasteiger charge is -2.33. The predicted molar refractivity (Wildman–Crippen MR) is 104 cm³/mol. The Balaban J connectivity index is 1.36. The second kappa shape index (κ2) is 7.04. The number of fused-ring (bicyclic) bond motifs is 1. The molecule has 1 aliphatic carbocycles. The molecule has 5 rings (SSSR count). The molecule has 6 nitrogen and oxygen atoms in total. The predicted octanol–water partition coefficient (Wildman–Crippen LogP) is 3.61. The lowest BCUT2D eigenvalue weighted by molar-refractivity contribution is 0.410. The topological polar surface area (TPSA) is 55.5 Å². The number of anilines is 1. The molecule has 2 aromatic heterocycles. The molecule has 0 radical (unpaired) electrons. The van der Waals surface area contributed by atoms with Gasteiger partial charge in [0.15, 0.2) is 5.82 Å². The Labute approximate surface area is 163 Å². The number of hydrogen-bond donors (Lipinski definition) is 0. The summed E-state index contributed by atoms with van der Waals surface area (Å²) in [5.74, 6) is 3.49. The number of rotatable bonds is 5. The number of aromatic nitrogens is 4. The molecule has 1 saturated carbocycles. The van der Waals surface area contributed by atoms with Crippen molar-refractivity contribution in [3.63, 3.8) is 0 Å². The third-order valence-electron chi connectivity index (χ3n) is 5.98. The third-order valence-corrected chi connectivity index (χ3v) is 5.98. The summed E-state index contributed by atoms with van der Waals surface area (Å²) in [6.45, 7) is 1.76. The second-order valence-electron chi connectivity index (χ2n) is 7.87. The first-order valence-corrected chi connectivity index (χ1v) is 10.00. The van der Waals surface area contributed by atoms with E-state index >= 15 is 0 Å². The minimum atomic E-state index is -0.183. The number of methoxy groups -OCH3 is 1. The highest BCUT2D eigenvalue weighted by Crippen LogP contribution is 2.36. The average molecular weight is 381 g/mol. The van der Waals surface area contributed by atoms with Gasteiger partial charge in [0.1, 0.15) is 18.0 Å². The van der Waals surface area contributed by atoms with Gasteiger partial charge in [-0.1, -0.05) is 12.1 Å². The van der Waals surface area contributed by atoms with Gasteiger partial charge in [0, 0.05) is 19.5 Å². The van der Waals surface area contributed by atoms with Crippen LogP contribution in [0.1, 0.15) is 43.0 Å².